The Morgan fingerprint density at radius 3 is 2.74 bits per heavy atom. The van der Waals surface area contributed by atoms with E-state index < -0.39 is 0 Å². The number of nitrogen functional groups attached to an aromatic ring is 1. The lowest BCUT2D eigenvalue weighted by Crippen LogP contribution is -2.26. The second kappa shape index (κ2) is 6.93. The van der Waals surface area contributed by atoms with Crippen molar-refractivity contribution in [2.45, 2.75) is 45.4 Å². The zero-order valence-electron chi connectivity index (χ0n) is 11.5. The summed E-state index contributed by atoms with van der Waals surface area (Å²) in [5, 5.41) is 0. The molecular weight excluding hydrogens is 306 g/mol. The van der Waals surface area contributed by atoms with Crippen LogP contribution in [0, 0.1) is 0 Å². The van der Waals surface area contributed by atoms with Gasteiger partial charge in [0.05, 0.1) is 16.1 Å². The minimum absolute atomic E-state index is 0.568. The quantitative estimate of drug-likeness (QED) is 0.615. The predicted octanol–water partition coefficient (Wildman–Crippen LogP) is 3.31. The zero-order valence-corrected chi connectivity index (χ0v) is 13.1. The van der Waals surface area contributed by atoms with Crippen LogP contribution in [0.3, 0.4) is 0 Å². The van der Waals surface area contributed by atoms with E-state index in [1.807, 2.05) is 3.93 Å². The maximum Gasteiger partial charge on any atom is 0.169 e. The Hall–Kier alpha value is -1.04. The van der Waals surface area contributed by atoms with Crippen LogP contribution in [0.4, 0.5) is 17.3 Å². The van der Waals surface area contributed by atoms with Crippen LogP contribution in [-0.2, 0) is 0 Å². The Morgan fingerprint density at radius 1 is 1.21 bits per heavy atom. The number of rotatable bonds is 7. The van der Waals surface area contributed by atoms with Crippen LogP contribution >= 0.6 is 16.1 Å². The molecule has 2 rings (SSSR count). The van der Waals surface area contributed by atoms with Crippen LogP contribution in [0.1, 0.15) is 45.4 Å². The smallest absolute Gasteiger partial charge is 0.169 e. The maximum atomic E-state index is 5.95. The molecule has 6 heteroatoms. The van der Waals surface area contributed by atoms with E-state index in [4.69, 9.17) is 5.73 Å². The number of hydrogen-bond acceptors (Lipinski definition) is 5. The summed E-state index contributed by atoms with van der Waals surface area (Å²) >= 11 is 3.50. The Bertz CT molecular complexity index is 412. The van der Waals surface area contributed by atoms with Gasteiger partial charge in [-0.25, -0.2) is 9.97 Å². The van der Waals surface area contributed by atoms with Crippen molar-refractivity contribution >= 4 is 33.5 Å². The highest BCUT2D eigenvalue weighted by atomic mass is 79.9. The number of nitrogens with zero attached hydrogens (tertiary/aromatic N) is 4. The Morgan fingerprint density at radius 2 is 1.95 bits per heavy atom. The number of aromatic nitrogens is 2. The number of hydrogen-bond donors (Lipinski definition) is 1. The van der Waals surface area contributed by atoms with Crippen molar-refractivity contribution in [3.8, 4) is 0 Å². The summed E-state index contributed by atoms with van der Waals surface area (Å²) in [4.78, 5) is 10.6. The van der Waals surface area contributed by atoms with Gasteiger partial charge in [-0.15, -0.1) is 0 Å². The van der Waals surface area contributed by atoms with Crippen molar-refractivity contribution in [1.29, 1.82) is 0 Å². The summed E-state index contributed by atoms with van der Waals surface area (Å²) in [6.07, 6.45) is 9.31. The fraction of sp³-hybridized carbons (Fsp3) is 0.692. The van der Waals surface area contributed by atoms with Gasteiger partial charge in [0.15, 0.2) is 11.6 Å². The molecule has 0 amide bonds. The van der Waals surface area contributed by atoms with Crippen LogP contribution in [0.5, 0.6) is 0 Å². The second-order valence-electron chi connectivity index (χ2n) is 4.97. The van der Waals surface area contributed by atoms with Crippen molar-refractivity contribution in [2.24, 2.45) is 0 Å². The monoisotopic (exact) mass is 327 g/mol. The molecule has 1 aliphatic heterocycles. The summed E-state index contributed by atoms with van der Waals surface area (Å²) < 4.78 is 1.94. The second-order valence-corrected chi connectivity index (χ2v) is 5.82. The van der Waals surface area contributed by atoms with Crippen molar-refractivity contribution in [2.75, 3.05) is 27.8 Å². The number of halogens is 1. The third-order valence-corrected chi connectivity index (χ3v) is 4.01. The van der Waals surface area contributed by atoms with Gasteiger partial charge in [0.25, 0.3) is 0 Å². The average molecular weight is 328 g/mol. The average Bonchev–Trinajstić information content (AvgIpc) is 2.72. The van der Waals surface area contributed by atoms with E-state index in [0.717, 1.165) is 24.7 Å². The Balaban J connectivity index is 1.84. The van der Waals surface area contributed by atoms with Gasteiger partial charge in [-0.2, -0.15) is 0 Å². The third kappa shape index (κ3) is 3.49. The summed E-state index contributed by atoms with van der Waals surface area (Å²) in [5.41, 5.74) is 6.92. The first-order valence-corrected chi connectivity index (χ1v) is 7.73. The van der Waals surface area contributed by atoms with Gasteiger partial charge < -0.3 is 10.6 Å². The molecule has 2 N–H and O–H groups in total. The normalized spacial score (nSPS) is 14.0. The molecule has 0 radical (unpaired) electrons. The highest BCUT2D eigenvalue weighted by Crippen LogP contribution is 2.38. The highest BCUT2D eigenvalue weighted by molar-refractivity contribution is 9.10. The van der Waals surface area contributed by atoms with Crippen LogP contribution in [0.15, 0.2) is 6.33 Å². The van der Waals surface area contributed by atoms with Crippen LogP contribution in [0.25, 0.3) is 0 Å². The van der Waals surface area contributed by atoms with Crippen molar-refractivity contribution in [1.82, 2.24) is 9.97 Å². The lowest BCUT2D eigenvalue weighted by Gasteiger charge is -2.18. The number of anilines is 3. The molecule has 0 fully saturated rings. The minimum atomic E-state index is 0.568. The molecule has 1 aromatic heterocycles. The highest BCUT2D eigenvalue weighted by Gasteiger charge is 2.28. The lowest BCUT2D eigenvalue weighted by molar-refractivity contribution is 0.603. The molecule has 0 saturated heterocycles. The molecule has 0 aliphatic carbocycles. The fourth-order valence-electron chi connectivity index (χ4n) is 2.42. The summed E-state index contributed by atoms with van der Waals surface area (Å²) in [5.74, 6) is 1.44. The van der Waals surface area contributed by atoms with E-state index in [2.05, 4.69) is 37.9 Å². The topological polar surface area (TPSA) is 58.3 Å². The van der Waals surface area contributed by atoms with E-state index in [0.29, 0.717) is 5.82 Å². The van der Waals surface area contributed by atoms with Crippen molar-refractivity contribution in [3.05, 3.63) is 6.33 Å². The SMILES string of the molecule is CCCCCCCCN1CN(Br)c2ncnc(N)c21. The van der Waals surface area contributed by atoms with Crippen molar-refractivity contribution < 1.29 is 0 Å². The molecule has 19 heavy (non-hydrogen) atoms. The molecule has 5 nitrogen and oxygen atoms in total. The number of fused-ring (bicyclic) bond motifs is 1. The molecule has 1 aromatic rings. The minimum Gasteiger partial charge on any atom is -0.382 e. The van der Waals surface area contributed by atoms with E-state index >= 15 is 0 Å². The van der Waals surface area contributed by atoms with Gasteiger partial charge in [-0.3, -0.25) is 3.93 Å². The molecule has 106 valence electrons. The van der Waals surface area contributed by atoms with Gasteiger partial charge in [-0.1, -0.05) is 39.0 Å². The first kappa shape index (κ1) is 14.4. The Kier molecular flexibility index (Phi) is 5.24. The molecule has 0 unspecified atom stereocenters. The first-order chi connectivity index (χ1) is 9.24. The fourth-order valence-corrected chi connectivity index (χ4v) is 2.95. The molecule has 0 aromatic carbocycles. The molecule has 2 heterocycles. The molecule has 1 aliphatic rings. The maximum absolute atomic E-state index is 5.95. The van der Waals surface area contributed by atoms with Gasteiger partial charge in [-0.05, 0) is 6.42 Å². The number of unbranched alkanes of at least 4 members (excludes halogenated alkanes) is 5. The van der Waals surface area contributed by atoms with E-state index in [1.54, 1.807) is 0 Å². The third-order valence-electron chi connectivity index (χ3n) is 3.45. The van der Waals surface area contributed by atoms with Crippen LogP contribution in [-0.4, -0.2) is 23.2 Å². The van der Waals surface area contributed by atoms with E-state index in [-0.39, 0.29) is 0 Å². The summed E-state index contributed by atoms with van der Waals surface area (Å²) in [6.45, 7) is 4.04. The van der Waals surface area contributed by atoms with Crippen LogP contribution < -0.4 is 14.6 Å². The Labute approximate surface area is 123 Å². The van der Waals surface area contributed by atoms with Gasteiger partial charge in [0, 0.05) is 6.54 Å². The lowest BCUT2D eigenvalue weighted by atomic mass is 10.1. The van der Waals surface area contributed by atoms with E-state index in [1.165, 1.54) is 44.9 Å². The largest absolute Gasteiger partial charge is 0.382 e. The van der Waals surface area contributed by atoms with Gasteiger partial charge in [0.2, 0.25) is 0 Å². The first-order valence-electron chi connectivity index (χ1n) is 7.02. The molecule has 0 saturated carbocycles. The van der Waals surface area contributed by atoms with Gasteiger partial charge >= 0.3 is 0 Å². The molecule has 0 atom stereocenters. The molecule has 0 spiro atoms. The van der Waals surface area contributed by atoms with E-state index in [9.17, 15) is 0 Å². The van der Waals surface area contributed by atoms with Crippen molar-refractivity contribution in [3.63, 3.8) is 0 Å². The zero-order chi connectivity index (χ0) is 13.7. The summed E-state index contributed by atoms with van der Waals surface area (Å²) in [7, 11) is 0. The van der Waals surface area contributed by atoms with Gasteiger partial charge in [0.1, 0.15) is 18.7 Å². The molecule has 0 bridgehead atoms. The standard InChI is InChI=1S/C13H22BrN5/c1-2-3-4-5-6-7-8-18-10-19(14)13-11(18)12(15)16-9-17-13/h9H,2-8,10H2,1H3,(H2,15,16,17). The summed E-state index contributed by atoms with van der Waals surface area (Å²) in [6, 6.07) is 0. The molecular formula is C13H22BrN5. The van der Waals surface area contributed by atoms with Crippen LogP contribution in [0.2, 0.25) is 0 Å². The number of nitrogens with two attached hydrogens (primary N) is 1. The predicted molar refractivity (Wildman–Crippen MR) is 83.4 cm³/mol.